The Kier molecular flexibility index (Phi) is 8.72. The van der Waals surface area contributed by atoms with E-state index in [1.165, 1.54) is 0 Å². The summed E-state index contributed by atoms with van der Waals surface area (Å²) in [5.41, 5.74) is -0.286. The lowest BCUT2D eigenvalue weighted by Gasteiger charge is -2.22. The van der Waals surface area contributed by atoms with Crippen LogP contribution in [0.1, 0.15) is 58.1 Å². The van der Waals surface area contributed by atoms with Crippen molar-refractivity contribution in [1.29, 1.82) is 0 Å². The smallest absolute Gasteiger partial charge is 0.408 e. The summed E-state index contributed by atoms with van der Waals surface area (Å²) in [6.07, 6.45) is 2.99. The lowest BCUT2D eigenvalue weighted by atomic mass is 10.1. The second-order valence-electron chi connectivity index (χ2n) is 7.86. The van der Waals surface area contributed by atoms with Gasteiger partial charge in [-0.2, -0.15) is 0 Å². The topological polar surface area (TPSA) is 103 Å². The van der Waals surface area contributed by atoms with Gasteiger partial charge in [0.1, 0.15) is 11.4 Å². The van der Waals surface area contributed by atoms with Crippen molar-refractivity contribution in [2.45, 2.75) is 64.4 Å². The van der Waals surface area contributed by atoms with Gasteiger partial charge in [-0.25, -0.2) is 9.59 Å². The third kappa shape index (κ3) is 8.70. The predicted octanol–water partition coefficient (Wildman–Crippen LogP) is 3.65. The molecule has 1 aliphatic heterocycles. The third-order valence-electron chi connectivity index (χ3n) is 4.12. The van der Waals surface area contributed by atoms with Crippen LogP contribution in [0.25, 0.3) is 0 Å². The van der Waals surface area contributed by atoms with Crippen LogP contribution < -0.4 is 10.1 Å². The maximum atomic E-state index is 11.9. The van der Waals surface area contributed by atoms with Gasteiger partial charge in [-0.3, -0.25) is 0 Å². The zero-order chi connectivity index (χ0) is 21.3. The normalized spacial score (nSPS) is 18.0. The zero-order valence-electron chi connectivity index (χ0n) is 17.3. The zero-order valence-corrected chi connectivity index (χ0v) is 17.3. The number of rotatable bonds is 9. The molecule has 29 heavy (non-hydrogen) atoms. The Hall–Kier alpha value is -2.32. The molecule has 2 rings (SSSR count). The number of hydrogen-bond donors (Lipinski definition) is 2. The standard InChI is InChI=1S/C21H31NO7/c1-21(2,3)29-20(25)22-18(19(23)24)15-8-10-16(11-9-15)26-13-6-14-28-17-7-4-5-12-27-17/h8-11,17-18H,4-7,12-14H2,1-3H3,(H,22,25)(H,23,24)/t17?,18-/m1/s1. The molecule has 0 radical (unpaired) electrons. The summed E-state index contributed by atoms with van der Waals surface area (Å²) in [6, 6.07) is 5.36. The van der Waals surface area contributed by atoms with Crippen LogP contribution in [0.2, 0.25) is 0 Å². The Morgan fingerprint density at radius 1 is 1.21 bits per heavy atom. The van der Waals surface area contributed by atoms with Crippen LogP contribution in [0.3, 0.4) is 0 Å². The molecule has 1 aromatic rings. The van der Waals surface area contributed by atoms with E-state index in [1.807, 2.05) is 0 Å². The highest BCUT2D eigenvalue weighted by Gasteiger charge is 2.25. The number of amides is 1. The molecule has 1 heterocycles. The first-order valence-electron chi connectivity index (χ1n) is 9.93. The molecule has 0 aromatic heterocycles. The molecule has 162 valence electrons. The van der Waals surface area contributed by atoms with E-state index < -0.39 is 23.7 Å². The number of carboxylic acid groups (broad SMARTS) is 1. The molecule has 8 nitrogen and oxygen atoms in total. The summed E-state index contributed by atoms with van der Waals surface area (Å²) in [5, 5.41) is 11.8. The summed E-state index contributed by atoms with van der Waals surface area (Å²) in [4.78, 5) is 23.4. The van der Waals surface area contributed by atoms with Gasteiger partial charge in [0, 0.05) is 13.0 Å². The molecule has 2 atom stereocenters. The summed E-state index contributed by atoms with van der Waals surface area (Å²) in [7, 11) is 0. The monoisotopic (exact) mass is 409 g/mol. The van der Waals surface area contributed by atoms with E-state index in [2.05, 4.69) is 5.32 Å². The van der Waals surface area contributed by atoms with Crippen LogP contribution in [0, 0.1) is 0 Å². The molecule has 8 heteroatoms. The van der Waals surface area contributed by atoms with Gasteiger partial charge in [-0.15, -0.1) is 0 Å². The van der Waals surface area contributed by atoms with Gasteiger partial charge in [0.05, 0.1) is 13.2 Å². The van der Waals surface area contributed by atoms with Crippen LogP contribution in [-0.4, -0.2) is 48.9 Å². The lowest BCUT2D eigenvalue weighted by molar-refractivity contribution is -0.163. The Labute approximate surface area is 171 Å². The maximum Gasteiger partial charge on any atom is 0.408 e. The van der Waals surface area contributed by atoms with E-state index >= 15 is 0 Å². The highest BCUT2D eigenvalue weighted by Crippen LogP contribution is 2.20. The van der Waals surface area contributed by atoms with Crippen LogP contribution in [0.4, 0.5) is 4.79 Å². The number of ether oxygens (including phenoxy) is 4. The van der Waals surface area contributed by atoms with E-state index in [4.69, 9.17) is 18.9 Å². The number of carboxylic acids is 1. The first-order chi connectivity index (χ1) is 13.7. The van der Waals surface area contributed by atoms with Gasteiger partial charge in [-0.05, 0) is 57.7 Å². The first-order valence-corrected chi connectivity index (χ1v) is 9.93. The highest BCUT2D eigenvalue weighted by atomic mass is 16.7. The maximum absolute atomic E-state index is 11.9. The predicted molar refractivity (Wildman–Crippen MR) is 106 cm³/mol. The summed E-state index contributed by atoms with van der Waals surface area (Å²) in [6.45, 7) is 6.92. The third-order valence-corrected chi connectivity index (χ3v) is 4.12. The molecule has 1 fully saturated rings. The second-order valence-corrected chi connectivity index (χ2v) is 7.86. The van der Waals surface area contributed by atoms with Crippen LogP contribution >= 0.6 is 0 Å². The molecule has 1 aromatic carbocycles. The van der Waals surface area contributed by atoms with E-state index in [0.29, 0.717) is 24.5 Å². The first kappa shape index (κ1) is 23.0. The Morgan fingerprint density at radius 3 is 2.52 bits per heavy atom. The average molecular weight is 409 g/mol. The molecule has 0 bridgehead atoms. The van der Waals surface area contributed by atoms with Gasteiger partial charge < -0.3 is 29.4 Å². The number of hydrogen-bond acceptors (Lipinski definition) is 6. The fourth-order valence-corrected chi connectivity index (χ4v) is 2.78. The van der Waals surface area contributed by atoms with E-state index in [1.54, 1.807) is 45.0 Å². The molecule has 2 N–H and O–H groups in total. The molecule has 1 aliphatic rings. The fourth-order valence-electron chi connectivity index (χ4n) is 2.78. The fraction of sp³-hybridized carbons (Fsp3) is 0.619. The van der Waals surface area contributed by atoms with Crippen molar-refractivity contribution in [2.24, 2.45) is 0 Å². The second kappa shape index (κ2) is 11.0. The summed E-state index contributed by atoms with van der Waals surface area (Å²) < 4.78 is 21.9. The SMILES string of the molecule is CC(C)(C)OC(=O)N[C@@H](C(=O)O)c1ccc(OCCCOC2CCCCO2)cc1. The van der Waals surface area contributed by atoms with Gasteiger partial charge in [0.15, 0.2) is 12.3 Å². The minimum absolute atomic E-state index is 0.103. The molecular formula is C21H31NO7. The van der Waals surface area contributed by atoms with Crippen LogP contribution in [0.5, 0.6) is 5.75 Å². The summed E-state index contributed by atoms with van der Waals surface area (Å²) in [5.74, 6) is -0.560. The van der Waals surface area contributed by atoms with Gasteiger partial charge in [-0.1, -0.05) is 12.1 Å². The van der Waals surface area contributed by atoms with Crippen molar-refractivity contribution in [2.75, 3.05) is 19.8 Å². The molecule has 1 unspecified atom stereocenters. The van der Waals surface area contributed by atoms with Crippen LogP contribution in [0.15, 0.2) is 24.3 Å². The molecule has 1 saturated heterocycles. The largest absolute Gasteiger partial charge is 0.494 e. The van der Waals surface area contributed by atoms with Gasteiger partial charge in [0.25, 0.3) is 0 Å². The van der Waals surface area contributed by atoms with E-state index in [9.17, 15) is 14.7 Å². The molecule has 1 amide bonds. The Balaban J connectivity index is 1.77. The van der Waals surface area contributed by atoms with Crippen molar-refractivity contribution >= 4 is 12.1 Å². The van der Waals surface area contributed by atoms with Gasteiger partial charge >= 0.3 is 12.1 Å². The average Bonchev–Trinajstić information content (AvgIpc) is 2.66. The number of carbonyl (C=O) groups is 2. The Bertz CT molecular complexity index is 648. The molecular weight excluding hydrogens is 378 g/mol. The molecule has 0 aliphatic carbocycles. The van der Waals surface area contributed by atoms with Crippen molar-refractivity contribution < 1.29 is 33.6 Å². The summed E-state index contributed by atoms with van der Waals surface area (Å²) >= 11 is 0. The van der Waals surface area contributed by atoms with E-state index in [0.717, 1.165) is 32.3 Å². The number of nitrogens with one attached hydrogen (secondary N) is 1. The van der Waals surface area contributed by atoms with Crippen LogP contribution in [-0.2, 0) is 19.0 Å². The number of alkyl carbamates (subject to hydrolysis) is 1. The number of aliphatic carboxylic acids is 1. The number of benzene rings is 1. The van der Waals surface area contributed by atoms with Crippen molar-refractivity contribution in [3.05, 3.63) is 29.8 Å². The quantitative estimate of drug-likeness (QED) is 0.600. The van der Waals surface area contributed by atoms with Crippen molar-refractivity contribution in [3.63, 3.8) is 0 Å². The van der Waals surface area contributed by atoms with Crippen molar-refractivity contribution in [1.82, 2.24) is 5.32 Å². The van der Waals surface area contributed by atoms with Gasteiger partial charge in [0.2, 0.25) is 0 Å². The minimum Gasteiger partial charge on any atom is -0.494 e. The number of carbonyl (C=O) groups excluding carboxylic acids is 1. The molecule has 0 saturated carbocycles. The lowest BCUT2D eigenvalue weighted by Crippen LogP contribution is -2.38. The van der Waals surface area contributed by atoms with Crippen molar-refractivity contribution in [3.8, 4) is 5.75 Å². The molecule has 0 spiro atoms. The Morgan fingerprint density at radius 2 is 1.93 bits per heavy atom. The highest BCUT2D eigenvalue weighted by molar-refractivity contribution is 5.81. The minimum atomic E-state index is -1.21. The van der Waals surface area contributed by atoms with E-state index in [-0.39, 0.29) is 6.29 Å².